The van der Waals surface area contributed by atoms with Gasteiger partial charge in [-0.2, -0.15) is 14.7 Å². The predicted molar refractivity (Wildman–Crippen MR) is 131 cm³/mol. The van der Waals surface area contributed by atoms with Crippen molar-refractivity contribution in [1.29, 1.82) is 0 Å². The van der Waals surface area contributed by atoms with Gasteiger partial charge in [-0.25, -0.2) is 14.7 Å². The van der Waals surface area contributed by atoms with Crippen molar-refractivity contribution in [2.75, 3.05) is 26.4 Å². The lowest BCUT2D eigenvalue weighted by atomic mass is 9.93. The fraction of sp³-hybridized carbons (Fsp3) is 0.923. The number of hydrogen-bond acceptors (Lipinski definition) is 7. The van der Waals surface area contributed by atoms with Crippen LogP contribution in [0.4, 0.5) is 0 Å². The van der Waals surface area contributed by atoms with Crippen molar-refractivity contribution in [1.82, 2.24) is 0 Å². The van der Waals surface area contributed by atoms with Crippen molar-refractivity contribution in [2.24, 2.45) is 5.92 Å². The highest BCUT2D eigenvalue weighted by atomic mass is 17.4. The van der Waals surface area contributed by atoms with Crippen LogP contribution in [0.5, 0.6) is 0 Å². The molecule has 0 amide bonds. The fourth-order valence-electron chi connectivity index (χ4n) is 3.18. The summed E-state index contributed by atoms with van der Waals surface area (Å²) in [5.74, 6) is -1.73. The van der Waals surface area contributed by atoms with E-state index in [-0.39, 0.29) is 5.92 Å². The summed E-state index contributed by atoms with van der Waals surface area (Å²) in [5, 5.41) is 0. The highest BCUT2D eigenvalue weighted by Crippen LogP contribution is 2.35. The summed E-state index contributed by atoms with van der Waals surface area (Å²) in [4.78, 5) is 33.7. The smallest absolute Gasteiger partial charge is 0.368 e. The van der Waals surface area contributed by atoms with Gasteiger partial charge < -0.3 is 4.74 Å². The van der Waals surface area contributed by atoms with Crippen LogP contribution in [0.15, 0.2) is 12.3 Å². The monoisotopic (exact) mass is 476 g/mol. The van der Waals surface area contributed by atoms with E-state index in [1.807, 2.05) is 26.8 Å². The third kappa shape index (κ3) is 17.4. The van der Waals surface area contributed by atoms with E-state index in [9.17, 15) is 0 Å². The summed E-state index contributed by atoms with van der Waals surface area (Å²) >= 11 is 0. The zero-order chi connectivity index (χ0) is 24.5. The van der Waals surface area contributed by atoms with E-state index in [0.717, 1.165) is 57.8 Å². The fourth-order valence-corrected chi connectivity index (χ4v) is 3.18. The molecule has 0 rings (SSSR count). The molecular formula is C26H52O7. The summed E-state index contributed by atoms with van der Waals surface area (Å²) < 4.78 is 5.61. The van der Waals surface area contributed by atoms with Gasteiger partial charge in [-0.3, -0.25) is 0 Å². The van der Waals surface area contributed by atoms with Gasteiger partial charge in [-0.1, -0.05) is 79.2 Å². The van der Waals surface area contributed by atoms with Crippen molar-refractivity contribution >= 4 is 0 Å². The third-order valence-corrected chi connectivity index (χ3v) is 5.04. The van der Waals surface area contributed by atoms with Crippen molar-refractivity contribution in [2.45, 2.75) is 124 Å². The van der Waals surface area contributed by atoms with Crippen molar-refractivity contribution in [3.05, 3.63) is 12.3 Å². The lowest BCUT2D eigenvalue weighted by Gasteiger charge is -2.35. The van der Waals surface area contributed by atoms with E-state index in [2.05, 4.69) is 13.8 Å². The molecule has 0 radical (unpaired) electrons. The van der Waals surface area contributed by atoms with E-state index in [0.29, 0.717) is 26.4 Å². The number of ether oxygens (including phenoxy) is 1. The third-order valence-electron chi connectivity index (χ3n) is 5.04. The molecule has 0 saturated heterocycles. The Balaban J connectivity index is 5.34. The Bertz CT molecular complexity index is 391. The van der Waals surface area contributed by atoms with E-state index in [1.165, 1.54) is 25.7 Å². The Morgan fingerprint density at radius 2 is 1.09 bits per heavy atom. The van der Waals surface area contributed by atoms with Crippen LogP contribution in [-0.4, -0.2) is 32.4 Å². The molecule has 0 saturated carbocycles. The Kier molecular flexibility index (Phi) is 23.9. The van der Waals surface area contributed by atoms with E-state index < -0.39 is 5.97 Å². The average Bonchev–Trinajstić information content (AvgIpc) is 2.82. The summed E-state index contributed by atoms with van der Waals surface area (Å²) in [6.07, 6.45) is 16.8. The molecule has 1 atom stereocenters. The number of unbranched alkanes of at least 4 members (excludes halogenated alkanes) is 5. The Morgan fingerprint density at radius 1 is 0.576 bits per heavy atom. The first-order valence-electron chi connectivity index (χ1n) is 13.4. The van der Waals surface area contributed by atoms with Crippen molar-refractivity contribution < 1.29 is 34.1 Å². The normalized spacial score (nSPS) is 13.1. The number of allylic oxidation sites excluding steroid dienone is 1. The highest BCUT2D eigenvalue weighted by Gasteiger charge is 2.47. The maximum absolute atomic E-state index is 5.77. The van der Waals surface area contributed by atoms with Crippen LogP contribution in [0.25, 0.3) is 0 Å². The highest BCUT2D eigenvalue weighted by molar-refractivity contribution is 4.72. The first-order chi connectivity index (χ1) is 16.2. The second kappa shape index (κ2) is 24.4. The minimum Gasteiger partial charge on any atom is -0.502 e. The summed E-state index contributed by atoms with van der Waals surface area (Å²) in [7, 11) is 0. The van der Waals surface area contributed by atoms with Gasteiger partial charge in [0, 0.05) is 5.92 Å². The molecule has 0 bridgehead atoms. The molecule has 1 unspecified atom stereocenters. The van der Waals surface area contributed by atoms with Crippen LogP contribution < -0.4 is 0 Å². The minimum atomic E-state index is -1.58. The van der Waals surface area contributed by atoms with Gasteiger partial charge in [-0.05, 0) is 44.9 Å². The van der Waals surface area contributed by atoms with Crippen LogP contribution in [0.1, 0.15) is 118 Å². The molecule has 0 N–H and O–H groups in total. The van der Waals surface area contributed by atoms with E-state index in [1.54, 1.807) is 6.26 Å². The summed E-state index contributed by atoms with van der Waals surface area (Å²) in [5.41, 5.74) is 0. The molecule has 0 fully saturated rings. The molecule has 7 heteroatoms. The molecule has 0 aromatic carbocycles. The standard InChI is InChI=1S/C26H52O7/c1-6-11-13-14-15-16-18-25(19-17-24-27-23-12-7-2)26(31-28-20-8-3,32-29-21-9-4)33-30-22-10-5/h12,23,25H,6-11,13-22,24H2,1-5H3. The van der Waals surface area contributed by atoms with Gasteiger partial charge in [0.15, 0.2) is 0 Å². The minimum absolute atomic E-state index is 0.145. The lowest BCUT2D eigenvalue weighted by Crippen LogP contribution is -2.47. The van der Waals surface area contributed by atoms with Crippen LogP contribution in [0.2, 0.25) is 0 Å². The molecule has 198 valence electrons. The second-order valence-electron chi connectivity index (χ2n) is 8.37. The zero-order valence-electron chi connectivity index (χ0n) is 22.1. The first kappa shape index (κ1) is 32.3. The van der Waals surface area contributed by atoms with Gasteiger partial charge >= 0.3 is 5.97 Å². The molecule has 0 aliphatic heterocycles. The van der Waals surface area contributed by atoms with Crippen LogP contribution in [-0.2, 0) is 34.1 Å². The average molecular weight is 477 g/mol. The maximum atomic E-state index is 5.77. The molecule has 0 heterocycles. The molecule has 0 aromatic heterocycles. The largest absolute Gasteiger partial charge is 0.502 e. The lowest BCUT2D eigenvalue weighted by molar-refractivity contribution is -0.644. The molecule has 0 aliphatic carbocycles. The van der Waals surface area contributed by atoms with E-state index >= 15 is 0 Å². The quantitative estimate of drug-likeness (QED) is 0.0415. The van der Waals surface area contributed by atoms with Crippen LogP contribution >= 0.6 is 0 Å². The maximum Gasteiger partial charge on any atom is 0.368 e. The van der Waals surface area contributed by atoms with Crippen molar-refractivity contribution in [3.63, 3.8) is 0 Å². The molecule has 7 nitrogen and oxygen atoms in total. The molecule has 0 spiro atoms. The van der Waals surface area contributed by atoms with Gasteiger partial charge in [0.2, 0.25) is 0 Å². The topological polar surface area (TPSA) is 64.6 Å². The van der Waals surface area contributed by atoms with Gasteiger partial charge in [-0.15, -0.1) is 0 Å². The Labute approximate surface area is 203 Å². The number of hydrogen-bond donors (Lipinski definition) is 0. The SMILES string of the molecule is CCC=COCCCC(CCCCCCCC)C(OOCCC)(OOCCC)OOCCC. The van der Waals surface area contributed by atoms with Gasteiger partial charge in [0.05, 0.1) is 32.7 Å². The molecule has 0 aromatic rings. The summed E-state index contributed by atoms with van der Waals surface area (Å²) in [6, 6.07) is 0. The number of rotatable bonds is 26. The van der Waals surface area contributed by atoms with Gasteiger partial charge in [0.25, 0.3) is 0 Å². The molecular weight excluding hydrogens is 424 g/mol. The van der Waals surface area contributed by atoms with Gasteiger partial charge in [0.1, 0.15) is 0 Å². The van der Waals surface area contributed by atoms with Crippen LogP contribution in [0.3, 0.4) is 0 Å². The molecule has 33 heavy (non-hydrogen) atoms. The Hall–Kier alpha value is -0.700. The Morgan fingerprint density at radius 3 is 1.61 bits per heavy atom. The second-order valence-corrected chi connectivity index (χ2v) is 8.37. The van der Waals surface area contributed by atoms with Crippen LogP contribution in [0, 0.1) is 5.92 Å². The van der Waals surface area contributed by atoms with Crippen molar-refractivity contribution in [3.8, 4) is 0 Å². The van der Waals surface area contributed by atoms with E-state index in [4.69, 9.17) is 34.1 Å². The summed E-state index contributed by atoms with van der Waals surface area (Å²) in [6.45, 7) is 12.2. The zero-order valence-corrected chi connectivity index (χ0v) is 22.1. The predicted octanol–water partition coefficient (Wildman–Crippen LogP) is 7.80. The first-order valence-corrected chi connectivity index (χ1v) is 13.4. The molecule has 0 aliphatic rings.